The Morgan fingerprint density at radius 2 is 1.45 bits per heavy atom. The maximum atomic E-state index is 14.6. The number of nitrogens with one attached hydrogen (secondary N) is 2. The monoisotopic (exact) mass is 559 g/mol. The van der Waals surface area contributed by atoms with E-state index < -0.39 is 23.8 Å². The molecule has 7 nitrogen and oxygen atoms in total. The summed E-state index contributed by atoms with van der Waals surface area (Å²) in [5.74, 6) is 0.127. The van der Waals surface area contributed by atoms with Crippen LogP contribution in [-0.4, -0.2) is 46.5 Å². The van der Waals surface area contributed by atoms with Crippen molar-refractivity contribution in [1.29, 1.82) is 0 Å². The molecule has 1 rings (SSSR count). The van der Waals surface area contributed by atoms with Gasteiger partial charge in [-0.3, -0.25) is 9.59 Å². The molecule has 1 aromatic carbocycles. The Bertz CT molecular complexity index is 947. The first-order chi connectivity index (χ1) is 18.5. The number of alkyl carbamates (subject to hydrolysis) is 1. The highest BCUT2D eigenvalue weighted by atomic mass is 16.6. The van der Waals surface area contributed by atoms with E-state index in [2.05, 4.69) is 31.4 Å². The third-order valence-corrected chi connectivity index (χ3v) is 7.04. The van der Waals surface area contributed by atoms with Crippen molar-refractivity contribution in [3.05, 3.63) is 34.9 Å². The molecule has 0 aromatic heterocycles. The summed E-state index contributed by atoms with van der Waals surface area (Å²) in [5.41, 5.74) is 2.06. The number of amides is 3. The van der Waals surface area contributed by atoms with Crippen LogP contribution in [0.15, 0.2) is 18.2 Å². The molecule has 4 unspecified atom stereocenters. The van der Waals surface area contributed by atoms with Crippen LogP contribution in [0, 0.1) is 25.7 Å². The van der Waals surface area contributed by atoms with Crippen molar-refractivity contribution in [2.45, 2.75) is 145 Å². The molecule has 2 N–H and O–H groups in total. The summed E-state index contributed by atoms with van der Waals surface area (Å²) >= 11 is 0. The quantitative estimate of drug-likeness (QED) is 0.251. The molecule has 0 bridgehead atoms. The Labute approximate surface area is 244 Å². The number of rotatable bonds is 14. The molecule has 0 aliphatic heterocycles. The predicted molar refractivity (Wildman–Crippen MR) is 164 cm³/mol. The standard InChI is InChI=1S/C33H57N3O4/c1-13-15-25(8)34-30(37)29(28-23(6)16-14-17-24(28)7)36(26(9)19-18-21(2)3)31(38)27(20-22(4)5)35-32(39)40-33(10,11)12/h14,16-17,21-22,25-27,29H,13,15,18-20H2,1-12H3,(H,34,37)(H,35,39). The van der Waals surface area contributed by atoms with E-state index in [0.29, 0.717) is 12.3 Å². The van der Waals surface area contributed by atoms with Crippen LogP contribution < -0.4 is 10.6 Å². The first-order valence-electron chi connectivity index (χ1n) is 15.2. The van der Waals surface area contributed by atoms with Crippen LogP contribution in [0.2, 0.25) is 0 Å². The second-order valence-electron chi connectivity index (χ2n) is 13.3. The van der Waals surface area contributed by atoms with Gasteiger partial charge in [0.1, 0.15) is 17.7 Å². The largest absolute Gasteiger partial charge is 0.444 e. The molecule has 4 atom stereocenters. The summed E-state index contributed by atoms with van der Waals surface area (Å²) in [6, 6.07) is 4.03. The zero-order valence-electron chi connectivity index (χ0n) is 27.3. The number of aryl methyl sites for hydroxylation is 2. The van der Waals surface area contributed by atoms with Gasteiger partial charge in [-0.1, -0.05) is 59.2 Å². The number of benzene rings is 1. The van der Waals surface area contributed by atoms with E-state index >= 15 is 0 Å². The van der Waals surface area contributed by atoms with Gasteiger partial charge in [0.05, 0.1) is 0 Å². The van der Waals surface area contributed by atoms with Gasteiger partial charge >= 0.3 is 6.09 Å². The molecule has 0 fully saturated rings. The molecule has 7 heteroatoms. The molecular formula is C33H57N3O4. The van der Waals surface area contributed by atoms with Crippen molar-refractivity contribution in [3.63, 3.8) is 0 Å². The van der Waals surface area contributed by atoms with Gasteiger partial charge in [-0.2, -0.15) is 0 Å². The average Bonchev–Trinajstić information content (AvgIpc) is 2.79. The number of carbonyl (C=O) groups excluding carboxylic acids is 3. The Hall–Kier alpha value is -2.57. The third-order valence-electron chi connectivity index (χ3n) is 7.04. The van der Waals surface area contributed by atoms with Crippen molar-refractivity contribution in [3.8, 4) is 0 Å². The minimum Gasteiger partial charge on any atom is -0.444 e. The fraction of sp³-hybridized carbons (Fsp3) is 0.727. The first kappa shape index (κ1) is 35.5. The highest BCUT2D eigenvalue weighted by Crippen LogP contribution is 2.32. The number of ether oxygens (including phenoxy) is 1. The maximum absolute atomic E-state index is 14.6. The Balaban J connectivity index is 3.75. The number of hydrogen-bond acceptors (Lipinski definition) is 4. The van der Waals surface area contributed by atoms with Gasteiger partial charge in [-0.25, -0.2) is 4.79 Å². The Kier molecular flexibility index (Phi) is 14.2. The fourth-order valence-corrected chi connectivity index (χ4v) is 5.12. The Morgan fingerprint density at radius 1 is 0.875 bits per heavy atom. The van der Waals surface area contributed by atoms with Crippen LogP contribution >= 0.6 is 0 Å². The zero-order chi connectivity index (χ0) is 30.8. The minimum absolute atomic E-state index is 0.0291. The fourth-order valence-electron chi connectivity index (χ4n) is 5.12. The lowest BCUT2D eigenvalue weighted by Gasteiger charge is -2.40. The summed E-state index contributed by atoms with van der Waals surface area (Å²) in [4.78, 5) is 43.4. The van der Waals surface area contributed by atoms with Crippen molar-refractivity contribution < 1.29 is 19.1 Å². The summed E-state index contributed by atoms with van der Waals surface area (Å²) < 4.78 is 5.53. The second-order valence-corrected chi connectivity index (χ2v) is 13.3. The topological polar surface area (TPSA) is 87.7 Å². The summed E-state index contributed by atoms with van der Waals surface area (Å²) in [6.07, 6.45) is 3.23. The molecule has 0 aliphatic carbocycles. The molecule has 0 heterocycles. The zero-order valence-corrected chi connectivity index (χ0v) is 27.3. The van der Waals surface area contributed by atoms with E-state index in [1.165, 1.54) is 0 Å². The van der Waals surface area contributed by atoms with Crippen molar-refractivity contribution >= 4 is 17.9 Å². The average molecular weight is 560 g/mol. The minimum atomic E-state index is -0.830. The van der Waals surface area contributed by atoms with E-state index in [0.717, 1.165) is 42.4 Å². The first-order valence-corrected chi connectivity index (χ1v) is 15.2. The van der Waals surface area contributed by atoms with Gasteiger partial charge in [0.25, 0.3) is 0 Å². The second kappa shape index (κ2) is 16.0. The molecule has 3 amide bonds. The molecule has 0 saturated carbocycles. The number of carbonyl (C=O) groups is 3. The molecule has 0 saturated heterocycles. The highest BCUT2D eigenvalue weighted by molar-refractivity contribution is 5.93. The lowest BCUT2D eigenvalue weighted by atomic mass is 9.90. The number of nitrogens with zero attached hydrogens (tertiary/aromatic N) is 1. The van der Waals surface area contributed by atoms with Gasteiger partial charge in [-0.05, 0) is 103 Å². The van der Waals surface area contributed by atoms with Crippen LogP contribution in [0.1, 0.15) is 124 Å². The normalized spacial score (nSPS) is 14.8. The summed E-state index contributed by atoms with van der Waals surface area (Å²) in [6.45, 7) is 23.8. The molecule has 228 valence electrons. The van der Waals surface area contributed by atoms with Gasteiger partial charge in [0, 0.05) is 12.1 Å². The van der Waals surface area contributed by atoms with Gasteiger partial charge in [-0.15, -0.1) is 0 Å². The lowest BCUT2D eigenvalue weighted by molar-refractivity contribution is -0.145. The van der Waals surface area contributed by atoms with E-state index in [4.69, 9.17) is 4.74 Å². The predicted octanol–water partition coefficient (Wildman–Crippen LogP) is 7.24. The number of hydrogen-bond donors (Lipinski definition) is 2. The van der Waals surface area contributed by atoms with Gasteiger partial charge in [0.2, 0.25) is 11.8 Å². The van der Waals surface area contributed by atoms with Gasteiger partial charge < -0.3 is 20.3 Å². The Morgan fingerprint density at radius 3 is 1.93 bits per heavy atom. The summed E-state index contributed by atoms with van der Waals surface area (Å²) in [7, 11) is 0. The SMILES string of the molecule is CCCC(C)NC(=O)C(c1c(C)cccc1C)N(C(=O)C(CC(C)C)NC(=O)OC(C)(C)C)C(C)CCC(C)C. The third kappa shape index (κ3) is 11.5. The molecular weight excluding hydrogens is 502 g/mol. The molecule has 0 radical (unpaired) electrons. The molecule has 40 heavy (non-hydrogen) atoms. The van der Waals surface area contributed by atoms with Crippen molar-refractivity contribution in [1.82, 2.24) is 15.5 Å². The van der Waals surface area contributed by atoms with Crippen LogP contribution in [-0.2, 0) is 14.3 Å². The maximum Gasteiger partial charge on any atom is 0.408 e. The molecule has 1 aromatic rings. The van der Waals surface area contributed by atoms with Crippen LogP contribution in [0.3, 0.4) is 0 Å². The van der Waals surface area contributed by atoms with Gasteiger partial charge in [0.15, 0.2) is 0 Å². The molecule has 0 aliphatic rings. The van der Waals surface area contributed by atoms with E-state index in [-0.39, 0.29) is 29.8 Å². The van der Waals surface area contributed by atoms with Crippen LogP contribution in [0.4, 0.5) is 4.79 Å². The lowest BCUT2D eigenvalue weighted by Crippen LogP contribution is -2.56. The van der Waals surface area contributed by atoms with Crippen LogP contribution in [0.5, 0.6) is 0 Å². The molecule has 0 spiro atoms. The van der Waals surface area contributed by atoms with E-state index in [1.54, 1.807) is 25.7 Å². The smallest absolute Gasteiger partial charge is 0.408 e. The summed E-state index contributed by atoms with van der Waals surface area (Å²) in [5, 5.41) is 6.05. The van der Waals surface area contributed by atoms with Crippen molar-refractivity contribution in [2.75, 3.05) is 0 Å². The van der Waals surface area contributed by atoms with E-state index in [9.17, 15) is 14.4 Å². The van der Waals surface area contributed by atoms with Crippen LogP contribution in [0.25, 0.3) is 0 Å². The van der Waals surface area contributed by atoms with Crippen molar-refractivity contribution in [2.24, 2.45) is 11.8 Å². The highest BCUT2D eigenvalue weighted by Gasteiger charge is 2.40. The van der Waals surface area contributed by atoms with E-state index in [1.807, 2.05) is 59.7 Å².